The molecule has 0 aliphatic heterocycles. The number of halogens is 1. The van der Waals surface area contributed by atoms with E-state index in [2.05, 4.69) is 15.9 Å². The summed E-state index contributed by atoms with van der Waals surface area (Å²) < 4.78 is 1.62. The van der Waals surface area contributed by atoms with Crippen molar-refractivity contribution >= 4 is 37.4 Å². The summed E-state index contributed by atoms with van der Waals surface area (Å²) in [5.41, 5.74) is 0.297. The van der Waals surface area contributed by atoms with Crippen LogP contribution in [0.3, 0.4) is 0 Å². The van der Waals surface area contributed by atoms with E-state index in [0.717, 1.165) is 10.1 Å². The van der Waals surface area contributed by atoms with Gasteiger partial charge in [0.25, 0.3) is 0 Å². The molecule has 0 spiro atoms. The zero-order valence-corrected chi connectivity index (χ0v) is 8.82. The molecule has 13 heavy (non-hydrogen) atoms. The second kappa shape index (κ2) is 3.02. The molecule has 0 aliphatic rings. The second-order valence-corrected chi connectivity index (χ2v) is 4.33. The molecule has 64 valence electrons. The van der Waals surface area contributed by atoms with Crippen LogP contribution in [0.5, 0.6) is 5.75 Å². The number of hydrogen-bond donors (Lipinski definition) is 1. The Hall–Kier alpha value is -1.05. The summed E-state index contributed by atoms with van der Waals surface area (Å²) in [6.07, 6.45) is 0. The van der Waals surface area contributed by atoms with Gasteiger partial charge in [-0.2, -0.15) is 5.26 Å². The van der Waals surface area contributed by atoms with Gasteiger partial charge in [0.1, 0.15) is 17.4 Å². The molecule has 0 saturated heterocycles. The highest BCUT2D eigenvalue weighted by Gasteiger charge is 2.10. The third kappa shape index (κ3) is 1.21. The van der Waals surface area contributed by atoms with E-state index in [4.69, 9.17) is 5.26 Å². The topological polar surface area (TPSA) is 44.0 Å². The number of nitrogens with zero attached hydrogens (tertiary/aromatic N) is 1. The van der Waals surface area contributed by atoms with Gasteiger partial charge in [0.15, 0.2) is 0 Å². The number of rotatable bonds is 0. The van der Waals surface area contributed by atoms with E-state index in [1.165, 1.54) is 11.3 Å². The van der Waals surface area contributed by atoms with Crippen molar-refractivity contribution in [2.75, 3.05) is 0 Å². The average molecular weight is 254 g/mol. The predicted molar refractivity (Wildman–Crippen MR) is 55.9 cm³/mol. The lowest BCUT2D eigenvalue weighted by Gasteiger charge is -2.00. The van der Waals surface area contributed by atoms with Crippen LogP contribution in [0.15, 0.2) is 22.0 Å². The Balaban J connectivity index is 2.95. The summed E-state index contributed by atoms with van der Waals surface area (Å²) in [5, 5.41) is 21.1. The van der Waals surface area contributed by atoms with Gasteiger partial charge in [-0.15, -0.1) is 11.3 Å². The van der Waals surface area contributed by atoms with Gasteiger partial charge in [0.05, 0.1) is 0 Å². The van der Waals surface area contributed by atoms with Crippen molar-refractivity contribution in [3.05, 3.63) is 27.5 Å². The summed E-state index contributed by atoms with van der Waals surface area (Å²) in [5.74, 6) is 0.0631. The third-order valence-corrected chi connectivity index (χ3v) is 3.28. The lowest BCUT2D eigenvalue weighted by Crippen LogP contribution is -1.79. The largest absolute Gasteiger partial charge is 0.506 e. The van der Waals surface area contributed by atoms with E-state index < -0.39 is 0 Å². The average Bonchev–Trinajstić information content (AvgIpc) is 2.53. The molecule has 1 N–H and O–H groups in total. The molecule has 2 aromatic rings. The number of aromatic hydroxyl groups is 1. The maximum Gasteiger partial charge on any atom is 0.143 e. The first kappa shape index (κ1) is 8.54. The van der Waals surface area contributed by atoms with E-state index in [1.807, 2.05) is 23.6 Å². The Morgan fingerprint density at radius 3 is 3.00 bits per heavy atom. The van der Waals surface area contributed by atoms with Crippen molar-refractivity contribution in [2.45, 2.75) is 0 Å². The first-order valence-corrected chi connectivity index (χ1v) is 5.20. The first-order valence-electron chi connectivity index (χ1n) is 3.53. The maximum absolute atomic E-state index is 9.67. The zero-order valence-electron chi connectivity index (χ0n) is 6.41. The molecule has 0 atom stereocenters. The number of fused-ring (bicyclic) bond motifs is 1. The molecule has 0 amide bonds. The Morgan fingerprint density at radius 1 is 1.54 bits per heavy atom. The SMILES string of the molecule is N#Cc1c(Br)cc2sccc2c1O. The van der Waals surface area contributed by atoms with Crippen molar-refractivity contribution < 1.29 is 5.11 Å². The van der Waals surface area contributed by atoms with Crippen LogP contribution in [0.4, 0.5) is 0 Å². The van der Waals surface area contributed by atoms with Crippen LogP contribution in [-0.2, 0) is 0 Å². The number of phenols is 1. The maximum atomic E-state index is 9.67. The van der Waals surface area contributed by atoms with Crippen molar-refractivity contribution in [1.29, 1.82) is 5.26 Å². The highest BCUT2D eigenvalue weighted by atomic mass is 79.9. The number of thiophene rings is 1. The van der Waals surface area contributed by atoms with Gasteiger partial charge in [-0.3, -0.25) is 0 Å². The van der Waals surface area contributed by atoms with E-state index in [0.29, 0.717) is 10.0 Å². The number of hydrogen-bond acceptors (Lipinski definition) is 3. The summed E-state index contributed by atoms with van der Waals surface area (Å²) in [6.45, 7) is 0. The molecule has 0 saturated carbocycles. The molecule has 1 aromatic heterocycles. The highest BCUT2D eigenvalue weighted by Crippen LogP contribution is 2.36. The third-order valence-electron chi connectivity index (χ3n) is 1.80. The normalized spacial score (nSPS) is 10.2. The molecule has 4 heteroatoms. The fourth-order valence-electron chi connectivity index (χ4n) is 1.17. The van der Waals surface area contributed by atoms with Gasteiger partial charge < -0.3 is 5.11 Å². The fourth-order valence-corrected chi connectivity index (χ4v) is 2.65. The van der Waals surface area contributed by atoms with E-state index >= 15 is 0 Å². The Bertz CT molecular complexity index is 512. The highest BCUT2D eigenvalue weighted by molar-refractivity contribution is 9.10. The Labute approximate surface area is 87.2 Å². The van der Waals surface area contributed by atoms with E-state index in [-0.39, 0.29) is 5.75 Å². The Morgan fingerprint density at radius 2 is 2.31 bits per heavy atom. The summed E-state index contributed by atoms with van der Waals surface area (Å²) in [7, 11) is 0. The summed E-state index contributed by atoms with van der Waals surface area (Å²) in [6, 6.07) is 5.61. The van der Waals surface area contributed by atoms with Crippen LogP contribution >= 0.6 is 27.3 Å². The van der Waals surface area contributed by atoms with Gasteiger partial charge >= 0.3 is 0 Å². The number of phenolic OH excluding ortho intramolecular Hbond substituents is 1. The molecule has 2 nitrogen and oxygen atoms in total. The molecular formula is C9H4BrNOS. The molecule has 0 aliphatic carbocycles. The molecule has 0 bridgehead atoms. The number of nitriles is 1. The van der Waals surface area contributed by atoms with Crippen LogP contribution in [-0.4, -0.2) is 5.11 Å². The lowest BCUT2D eigenvalue weighted by molar-refractivity contribution is 0.479. The van der Waals surface area contributed by atoms with Gasteiger partial charge in [0, 0.05) is 14.6 Å². The van der Waals surface area contributed by atoms with Crippen molar-refractivity contribution in [2.24, 2.45) is 0 Å². The van der Waals surface area contributed by atoms with Gasteiger partial charge in [0.2, 0.25) is 0 Å². The smallest absolute Gasteiger partial charge is 0.143 e. The van der Waals surface area contributed by atoms with Crippen LogP contribution in [0.2, 0.25) is 0 Å². The monoisotopic (exact) mass is 253 g/mol. The van der Waals surface area contributed by atoms with Gasteiger partial charge in [-0.25, -0.2) is 0 Å². The molecule has 1 heterocycles. The number of benzene rings is 1. The minimum atomic E-state index is 0.0631. The zero-order chi connectivity index (χ0) is 9.42. The van der Waals surface area contributed by atoms with Crippen molar-refractivity contribution in [3.8, 4) is 11.8 Å². The van der Waals surface area contributed by atoms with Crippen molar-refractivity contribution in [1.82, 2.24) is 0 Å². The van der Waals surface area contributed by atoms with E-state index in [9.17, 15) is 5.11 Å². The van der Waals surface area contributed by atoms with Crippen LogP contribution in [0, 0.1) is 11.3 Å². The second-order valence-electron chi connectivity index (χ2n) is 2.53. The quantitative estimate of drug-likeness (QED) is 0.784. The van der Waals surface area contributed by atoms with E-state index in [1.54, 1.807) is 0 Å². The van der Waals surface area contributed by atoms with Crippen LogP contribution in [0.25, 0.3) is 10.1 Å². The molecule has 0 unspecified atom stereocenters. The van der Waals surface area contributed by atoms with Crippen LogP contribution < -0.4 is 0 Å². The van der Waals surface area contributed by atoms with Gasteiger partial charge in [-0.05, 0) is 33.4 Å². The summed E-state index contributed by atoms with van der Waals surface area (Å²) in [4.78, 5) is 0. The Kier molecular flexibility index (Phi) is 1.98. The van der Waals surface area contributed by atoms with Crippen molar-refractivity contribution in [3.63, 3.8) is 0 Å². The minimum Gasteiger partial charge on any atom is -0.506 e. The fraction of sp³-hybridized carbons (Fsp3) is 0. The molecule has 0 radical (unpaired) electrons. The summed E-state index contributed by atoms with van der Waals surface area (Å²) >= 11 is 4.77. The molecular weight excluding hydrogens is 250 g/mol. The van der Waals surface area contributed by atoms with Gasteiger partial charge in [-0.1, -0.05) is 0 Å². The molecule has 0 fully saturated rings. The molecule has 2 rings (SSSR count). The first-order chi connectivity index (χ1) is 6.24. The lowest BCUT2D eigenvalue weighted by atomic mass is 10.1. The minimum absolute atomic E-state index is 0.0631. The standard InChI is InChI=1S/C9H4BrNOS/c10-7-3-8-5(1-2-13-8)9(12)6(7)4-11/h1-3,12H. The van der Waals surface area contributed by atoms with Crippen LogP contribution in [0.1, 0.15) is 5.56 Å². The predicted octanol–water partition coefficient (Wildman–Crippen LogP) is 3.24. The molecule has 1 aromatic carbocycles.